The number of methoxy groups -OCH3 is 2. The summed E-state index contributed by atoms with van der Waals surface area (Å²) in [4.78, 5) is 16.8. The molecule has 0 aliphatic heterocycles. The molecule has 5 heteroatoms. The molecule has 0 aliphatic rings. The summed E-state index contributed by atoms with van der Waals surface area (Å²) in [6.07, 6.45) is 3.25. The number of benzene rings is 1. The molecular weight excluding hydrogens is 274 g/mol. The van der Waals surface area contributed by atoms with E-state index in [9.17, 15) is 4.79 Å². The van der Waals surface area contributed by atoms with Crippen LogP contribution in [0.15, 0.2) is 29.8 Å². The van der Waals surface area contributed by atoms with Gasteiger partial charge in [0.1, 0.15) is 0 Å². The van der Waals surface area contributed by atoms with Crippen molar-refractivity contribution in [1.29, 1.82) is 0 Å². The van der Waals surface area contributed by atoms with E-state index in [1.807, 2.05) is 25.1 Å². The first-order chi connectivity index (χ1) is 9.67. The minimum Gasteiger partial charge on any atom is -0.493 e. The molecule has 1 aromatic heterocycles. The highest BCUT2D eigenvalue weighted by Crippen LogP contribution is 2.31. The second kappa shape index (κ2) is 6.34. The van der Waals surface area contributed by atoms with Crippen molar-refractivity contribution in [2.75, 3.05) is 14.2 Å². The van der Waals surface area contributed by atoms with E-state index in [-0.39, 0.29) is 5.78 Å². The number of thiazole rings is 1. The Labute approximate surface area is 121 Å². The third-order valence-electron chi connectivity index (χ3n) is 2.82. The minimum absolute atomic E-state index is 0.0603. The molecule has 0 spiro atoms. The molecule has 4 nitrogen and oxygen atoms in total. The zero-order valence-corrected chi connectivity index (χ0v) is 12.4. The van der Waals surface area contributed by atoms with Gasteiger partial charge >= 0.3 is 0 Å². The zero-order valence-electron chi connectivity index (χ0n) is 11.5. The Morgan fingerprint density at radius 2 is 2.10 bits per heavy atom. The molecule has 0 fully saturated rings. The van der Waals surface area contributed by atoms with Crippen molar-refractivity contribution in [2.45, 2.75) is 6.92 Å². The topological polar surface area (TPSA) is 48.4 Å². The number of hydrogen-bond donors (Lipinski definition) is 0. The summed E-state index contributed by atoms with van der Waals surface area (Å²) in [5.74, 6) is 1.19. The number of allylic oxidation sites excluding steroid dienone is 1. The molecule has 1 aromatic carbocycles. The number of ketones is 1. The van der Waals surface area contributed by atoms with Gasteiger partial charge in [0.15, 0.2) is 17.3 Å². The van der Waals surface area contributed by atoms with E-state index in [1.54, 1.807) is 25.8 Å². The average Bonchev–Trinajstić information content (AvgIpc) is 2.90. The predicted octanol–water partition coefficient (Wildman–Crippen LogP) is 3.36. The van der Waals surface area contributed by atoms with Crippen LogP contribution in [0.25, 0.3) is 6.08 Å². The summed E-state index contributed by atoms with van der Waals surface area (Å²) in [5, 5.41) is 0. The first kappa shape index (κ1) is 14.3. The van der Waals surface area contributed by atoms with E-state index >= 15 is 0 Å². The highest BCUT2D eigenvalue weighted by Gasteiger charge is 2.10. The highest BCUT2D eigenvalue weighted by atomic mass is 32.1. The molecule has 2 rings (SSSR count). The Kier molecular flexibility index (Phi) is 4.53. The molecule has 0 atom stereocenters. The molecular formula is C15H15NO3S. The van der Waals surface area contributed by atoms with Crippen molar-refractivity contribution in [3.63, 3.8) is 0 Å². The Balaban J connectivity index is 2.28. The monoisotopic (exact) mass is 289 g/mol. The van der Waals surface area contributed by atoms with Crippen molar-refractivity contribution in [2.24, 2.45) is 0 Å². The van der Waals surface area contributed by atoms with Gasteiger partial charge in [0, 0.05) is 5.56 Å². The Morgan fingerprint density at radius 3 is 2.70 bits per heavy atom. The number of carbonyl (C=O) groups is 1. The highest BCUT2D eigenvalue weighted by molar-refractivity contribution is 7.12. The second-order valence-electron chi connectivity index (χ2n) is 4.05. The van der Waals surface area contributed by atoms with Crippen molar-refractivity contribution in [3.8, 4) is 11.5 Å². The van der Waals surface area contributed by atoms with Crippen LogP contribution in [-0.2, 0) is 0 Å². The van der Waals surface area contributed by atoms with E-state index in [0.29, 0.717) is 16.4 Å². The average molecular weight is 289 g/mol. The van der Waals surface area contributed by atoms with Crippen molar-refractivity contribution >= 4 is 23.2 Å². The number of aryl methyl sites for hydroxylation is 1. The van der Waals surface area contributed by atoms with Crippen molar-refractivity contribution in [3.05, 3.63) is 45.9 Å². The second-order valence-corrected chi connectivity index (χ2v) is 4.90. The van der Waals surface area contributed by atoms with Gasteiger partial charge < -0.3 is 9.47 Å². The quantitative estimate of drug-likeness (QED) is 0.625. The molecule has 104 valence electrons. The van der Waals surface area contributed by atoms with Crippen molar-refractivity contribution < 1.29 is 14.3 Å². The molecule has 0 unspecified atom stereocenters. The fourth-order valence-corrected chi connectivity index (χ4v) is 2.55. The van der Waals surface area contributed by atoms with Gasteiger partial charge in [0.05, 0.1) is 30.3 Å². The summed E-state index contributed by atoms with van der Waals surface area (Å²) in [6, 6.07) is 5.53. The summed E-state index contributed by atoms with van der Waals surface area (Å²) >= 11 is 1.34. The fraction of sp³-hybridized carbons (Fsp3) is 0.200. The van der Waals surface area contributed by atoms with Gasteiger partial charge in [-0.15, -0.1) is 11.3 Å². The lowest BCUT2D eigenvalue weighted by molar-refractivity contribution is 0.105. The third kappa shape index (κ3) is 2.88. The number of carbonyl (C=O) groups excluding carboxylic acids is 1. The summed E-state index contributed by atoms with van der Waals surface area (Å²) in [6.45, 7) is 1.82. The fourth-order valence-electron chi connectivity index (χ4n) is 1.82. The Morgan fingerprint density at radius 1 is 1.30 bits per heavy atom. The maximum atomic E-state index is 12.1. The number of hydrogen-bond acceptors (Lipinski definition) is 5. The van der Waals surface area contributed by atoms with E-state index in [1.165, 1.54) is 17.4 Å². The number of rotatable bonds is 5. The van der Waals surface area contributed by atoms with Gasteiger partial charge in [-0.3, -0.25) is 4.79 Å². The van der Waals surface area contributed by atoms with Crippen LogP contribution >= 0.6 is 11.3 Å². The summed E-state index contributed by atoms with van der Waals surface area (Å²) < 4.78 is 10.5. The van der Waals surface area contributed by atoms with E-state index < -0.39 is 0 Å². The summed E-state index contributed by atoms with van der Waals surface area (Å²) in [7, 11) is 3.15. The molecule has 0 saturated heterocycles. The van der Waals surface area contributed by atoms with Gasteiger partial charge in [0.25, 0.3) is 0 Å². The first-order valence-corrected chi connectivity index (χ1v) is 6.88. The molecule has 0 bridgehead atoms. The number of ether oxygens (including phenoxy) is 2. The normalized spacial score (nSPS) is 10.8. The molecule has 20 heavy (non-hydrogen) atoms. The van der Waals surface area contributed by atoms with E-state index in [4.69, 9.17) is 9.47 Å². The van der Waals surface area contributed by atoms with Crippen LogP contribution in [0.1, 0.15) is 20.9 Å². The molecule has 0 N–H and O–H groups in total. The van der Waals surface area contributed by atoms with Crippen molar-refractivity contribution in [1.82, 2.24) is 4.98 Å². The minimum atomic E-state index is -0.0603. The maximum Gasteiger partial charge on any atom is 0.197 e. The van der Waals surface area contributed by atoms with Crippen LogP contribution < -0.4 is 9.47 Å². The largest absolute Gasteiger partial charge is 0.493 e. The van der Waals surface area contributed by atoms with Crippen LogP contribution in [0.3, 0.4) is 0 Å². The van der Waals surface area contributed by atoms with Gasteiger partial charge in [-0.1, -0.05) is 12.1 Å². The van der Waals surface area contributed by atoms with Crippen LogP contribution in [0.5, 0.6) is 11.5 Å². The standard InChI is InChI=1S/C15H15NO3S/c1-10-15(20-9-16-10)12(17)8-7-11-5-4-6-13(18-2)14(11)19-3/h4-9H,1-3H3/b8-7-. The van der Waals surface area contributed by atoms with Crippen LogP contribution in [0, 0.1) is 6.92 Å². The first-order valence-electron chi connectivity index (χ1n) is 6.01. The maximum absolute atomic E-state index is 12.1. The zero-order chi connectivity index (χ0) is 14.5. The molecule has 1 heterocycles. The molecule has 0 amide bonds. The van der Waals surface area contributed by atoms with E-state index in [2.05, 4.69) is 4.98 Å². The molecule has 0 saturated carbocycles. The molecule has 0 aliphatic carbocycles. The SMILES string of the molecule is COc1cccc(/C=C\C(=O)c2scnc2C)c1OC. The van der Waals surface area contributed by atoms with Gasteiger partial charge in [-0.2, -0.15) is 0 Å². The Hall–Kier alpha value is -2.14. The Bertz CT molecular complexity index is 646. The van der Waals surface area contributed by atoms with Crippen LogP contribution in [0.2, 0.25) is 0 Å². The lowest BCUT2D eigenvalue weighted by atomic mass is 10.1. The third-order valence-corrected chi connectivity index (χ3v) is 3.76. The molecule has 0 radical (unpaired) electrons. The van der Waals surface area contributed by atoms with Gasteiger partial charge in [0.2, 0.25) is 0 Å². The van der Waals surface area contributed by atoms with Crippen LogP contribution in [-0.4, -0.2) is 25.0 Å². The lowest BCUT2D eigenvalue weighted by Crippen LogP contribution is -1.95. The summed E-state index contributed by atoms with van der Waals surface area (Å²) in [5.41, 5.74) is 3.22. The molecule has 2 aromatic rings. The number of aromatic nitrogens is 1. The number of nitrogens with zero attached hydrogens (tertiary/aromatic N) is 1. The van der Waals surface area contributed by atoms with Gasteiger partial charge in [-0.25, -0.2) is 4.98 Å². The number of para-hydroxylation sites is 1. The smallest absolute Gasteiger partial charge is 0.197 e. The van der Waals surface area contributed by atoms with Gasteiger partial charge in [-0.05, 0) is 25.1 Å². The lowest BCUT2D eigenvalue weighted by Gasteiger charge is -2.09. The van der Waals surface area contributed by atoms with E-state index in [0.717, 1.165) is 11.3 Å². The predicted molar refractivity (Wildman–Crippen MR) is 79.8 cm³/mol. The van der Waals surface area contributed by atoms with Crippen LogP contribution in [0.4, 0.5) is 0 Å².